The molecule has 25 heavy (non-hydrogen) atoms. The maximum Gasteiger partial charge on any atom is 0.256 e. The molecule has 8 heteroatoms. The molecule has 2 heterocycles. The Labute approximate surface area is 145 Å². The Morgan fingerprint density at radius 1 is 1.24 bits per heavy atom. The molecule has 1 aromatic carbocycles. The third-order valence-corrected chi connectivity index (χ3v) is 4.18. The normalized spacial score (nSPS) is 15.7. The average Bonchev–Trinajstić information content (AvgIpc) is 3.15. The third kappa shape index (κ3) is 2.54. The van der Waals surface area contributed by atoms with Crippen molar-refractivity contribution in [1.82, 2.24) is 14.7 Å². The summed E-state index contributed by atoms with van der Waals surface area (Å²) in [7, 11) is 6.24. The van der Waals surface area contributed by atoms with Crippen LogP contribution in [0.2, 0.25) is 0 Å². The minimum Gasteiger partial charge on any atom is -0.493 e. The number of hydrogen-bond donors (Lipinski definition) is 0. The molecule has 1 aliphatic heterocycles. The third-order valence-electron chi connectivity index (χ3n) is 4.18. The second-order valence-electron chi connectivity index (χ2n) is 5.59. The first-order valence-electron chi connectivity index (χ1n) is 7.56. The van der Waals surface area contributed by atoms with Gasteiger partial charge in [-0.15, -0.1) is 0 Å². The SMILES string of the molecule is COc1cc2c(c(OC)c1OC)C(C#N)N(Cc1cnn(C)c1)C2=O. The number of nitriles is 1. The van der Waals surface area contributed by atoms with E-state index in [2.05, 4.69) is 11.2 Å². The van der Waals surface area contributed by atoms with Crippen LogP contribution in [0, 0.1) is 11.3 Å². The number of amides is 1. The highest BCUT2D eigenvalue weighted by Gasteiger charge is 2.42. The van der Waals surface area contributed by atoms with E-state index in [9.17, 15) is 10.1 Å². The van der Waals surface area contributed by atoms with E-state index in [1.54, 1.807) is 24.0 Å². The average molecular weight is 342 g/mol. The van der Waals surface area contributed by atoms with E-state index in [1.165, 1.54) is 26.2 Å². The summed E-state index contributed by atoms with van der Waals surface area (Å²) in [4.78, 5) is 14.4. The van der Waals surface area contributed by atoms with Crippen LogP contribution in [-0.2, 0) is 13.6 Å². The molecule has 1 aromatic heterocycles. The van der Waals surface area contributed by atoms with Gasteiger partial charge < -0.3 is 19.1 Å². The molecule has 0 bridgehead atoms. The van der Waals surface area contributed by atoms with Crippen molar-refractivity contribution in [2.45, 2.75) is 12.6 Å². The van der Waals surface area contributed by atoms with Gasteiger partial charge in [0.1, 0.15) is 6.04 Å². The number of aryl methyl sites for hydroxylation is 1. The van der Waals surface area contributed by atoms with E-state index in [-0.39, 0.29) is 12.5 Å². The zero-order valence-corrected chi connectivity index (χ0v) is 14.4. The molecule has 0 saturated heterocycles. The Balaban J connectivity index is 2.12. The Kier molecular flexibility index (Phi) is 4.23. The van der Waals surface area contributed by atoms with Gasteiger partial charge in [-0.3, -0.25) is 9.48 Å². The van der Waals surface area contributed by atoms with Crippen LogP contribution in [0.5, 0.6) is 17.2 Å². The standard InChI is InChI=1S/C17H18N4O4/c1-20-8-10(7-19-20)9-21-12(6-18)14-11(17(21)22)5-13(23-2)15(24-3)16(14)25-4/h5,7-8,12H,9H2,1-4H3. The molecule has 1 aliphatic rings. The van der Waals surface area contributed by atoms with Crippen molar-refractivity contribution in [3.05, 3.63) is 35.2 Å². The lowest BCUT2D eigenvalue weighted by Crippen LogP contribution is -2.26. The minimum absolute atomic E-state index is 0.260. The van der Waals surface area contributed by atoms with Crippen LogP contribution >= 0.6 is 0 Å². The fourth-order valence-corrected chi connectivity index (χ4v) is 3.10. The first-order chi connectivity index (χ1) is 12.0. The van der Waals surface area contributed by atoms with E-state index in [0.717, 1.165) is 5.56 Å². The summed E-state index contributed by atoms with van der Waals surface area (Å²) in [6.07, 6.45) is 3.48. The Morgan fingerprint density at radius 2 is 1.96 bits per heavy atom. The molecule has 130 valence electrons. The molecule has 1 unspecified atom stereocenters. The van der Waals surface area contributed by atoms with Crippen molar-refractivity contribution in [2.75, 3.05) is 21.3 Å². The molecule has 3 rings (SSSR count). The number of aromatic nitrogens is 2. The van der Waals surface area contributed by atoms with Gasteiger partial charge in [0, 0.05) is 24.4 Å². The molecular formula is C17H18N4O4. The van der Waals surface area contributed by atoms with Gasteiger partial charge in [0.05, 0.1) is 45.7 Å². The van der Waals surface area contributed by atoms with Crippen molar-refractivity contribution < 1.29 is 19.0 Å². The Bertz CT molecular complexity index is 868. The molecule has 0 fully saturated rings. The van der Waals surface area contributed by atoms with Crippen molar-refractivity contribution in [3.8, 4) is 23.3 Å². The van der Waals surface area contributed by atoms with Crippen LogP contribution < -0.4 is 14.2 Å². The van der Waals surface area contributed by atoms with Gasteiger partial charge in [-0.2, -0.15) is 10.4 Å². The molecule has 2 aromatic rings. The van der Waals surface area contributed by atoms with E-state index < -0.39 is 6.04 Å². The summed E-state index contributed by atoms with van der Waals surface area (Å²) in [5.41, 5.74) is 1.71. The van der Waals surface area contributed by atoms with E-state index in [0.29, 0.717) is 28.4 Å². The Morgan fingerprint density at radius 3 is 2.48 bits per heavy atom. The van der Waals surface area contributed by atoms with Crippen LogP contribution in [0.1, 0.15) is 27.5 Å². The summed E-state index contributed by atoms with van der Waals surface area (Å²) in [6, 6.07) is 3.00. The van der Waals surface area contributed by atoms with Gasteiger partial charge >= 0.3 is 0 Å². The smallest absolute Gasteiger partial charge is 0.256 e. The molecule has 1 atom stereocenters. The first-order valence-corrected chi connectivity index (χ1v) is 7.56. The quantitative estimate of drug-likeness (QED) is 0.821. The second kappa shape index (κ2) is 6.36. The largest absolute Gasteiger partial charge is 0.493 e. The molecule has 0 saturated carbocycles. The highest BCUT2D eigenvalue weighted by molar-refractivity contribution is 6.01. The number of carbonyl (C=O) groups excluding carboxylic acids is 1. The summed E-state index contributed by atoms with van der Waals surface area (Å²) >= 11 is 0. The highest BCUT2D eigenvalue weighted by Crippen LogP contribution is 2.49. The van der Waals surface area contributed by atoms with Gasteiger partial charge in [-0.05, 0) is 6.07 Å². The number of methoxy groups -OCH3 is 3. The molecule has 0 N–H and O–H groups in total. The van der Waals surface area contributed by atoms with Gasteiger partial charge in [-0.25, -0.2) is 0 Å². The van der Waals surface area contributed by atoms with Gasteiger partial charge in [-0.1, -0.05) is 0 Å². The van der Waals surface area contributed by atoms with Crippen molar-refractivity contribution in [2.24, 2.45) is 7.05 Å². The van der Waals surface area contributed by atoms with E-state index in [4.69, 9.17) is 14.2 Å². The highest BCUT2D eigenvalue weighted by atomic mass is 16.5. The lowest BCUT2D eigenvalue weighted by atomic mass is 10.0. The molecule has 1 amide bonds. The van der Waals surface area contributed by atoms with Crippen LogP contribution in [0.3, 0.4) is 0 Å². The van der Waals surface area contributed by atoms with E-state index >= 15 is 0 Å². The molecule has 0 radical (unpaired) electrons. The lowest BCUT2D eigenvalue weighted by molar-refractivity contribution is 0.0744. The molecular weight excluding hydrogens is 324 g/mol. The summed E-state index contributed by atoms with van der Waals surface area (Å²) in [5, 5.41) is 13.8. The van der Waals surface area contributed by atoms with Gasteiger partial charge in [0.25, 0.3) is 5.91 Å². The lowest BCUT2D eigenvalue weighted by Gasteiger charge is -2.20. The first kappa shape index (κ1) is 16.6. The van der Waals surface area contributed by atoms with Crippen LogP contribution in [0.4, 0.5) is 0 Å². The van der Waals surface area contributed by atoms with Crippen molar-refractivity contribution in [3.63, 3.8) is 0 Å². The fourth-order valence-electron chi connectivity index (χ4n) is 3.10. The number of nitrogens with zero attached hydrogens (tertiary/aromatic N) is 4. The predicted octanol–water partition coefficient (Wildman–Crippen LogP) is 1.67. The summed E-state index contributed by atoms with van der Waals surface area (Å²) < 4.78 is 17.8. The minimum atomic E-state index is -0.780. The number of hydrogen-bond acceptors (Lipinski definition) is 6. The second-order valence-corrected chi connectivity index (χ2v) is 5.59. The predicted molar refractivity (Wildman–Crippen MR) is 87.5 cm³/mol. The zero-order chi connectivity index (χ0) is 18.1. The van der Waals surface area contributed by atoms with Gasteiger partial charge in [0.15, 0.2) is 11.5 Å². The maximum atomic E-state index is 12.9. The number of ether oxygens (including phenoxy) is 3. The number of rotatable bonds is 5. The summed E-state index contributed by atoms with van der Waals surface area (Å²) in [5.74, 6) is 0.821. The topological polar surface area (TPSA) is 89.6 Å². The van der Waals surface area contributed by atoms with Crippen molar-refractivity contribution >= 4 is 5.91 Å². The van der Waals surface area contributed by atoms with Crippen LogP contribution in [0.25, 0.3) is 0 Å². The van der Waals surface area contributed by atoms with Gasteiger partial charge in [0.2, 0.25) is 5.75 Å². The monoisotopic (exact) mass is 342 g/mol. The maximum absolute atomic E-state index is 12.9. The molecule has 8 nitrogen and oxygen atoms in total. The fraction of sp³-hybridized carbons (Fsp3) is 0.353. The Hall–Kier alpha value is -3.21. The zero-order valence-electron chi connectivity index (χ0n) is 14.4. The number of carbonyl (C=O) groups is 1. The van der Waals surface area contributed by atoms with Crippen LogP contribution in [-0.4, -0.2) is 41.9 Å². The number of benzene rings is 1. The molecule has 0 aliphatic carbocycles. The van der Waals surface area contributed by atoms with Crippen LogP contribution in [0.15, 0.2) is 18.5 Å². The summed E-state index contributed by atoms with van der Waals surface area (Å²) in [6.45, 7) is 0.271. The van der Waals surface area contributed by atoms with E-state index in [1.807, 2.05) is 6.20 Å². The number of fused-ring (bicyclic) bond motifs is 1. The molecule has 0 spiro atoms. The van der Waals surface area contributed by atoms with Crippen molar-refractivity contribution in [1.29, 1.82) is 5.26 Å².